The molecule has 3 heterocycles. The van der Waals surface area contributed by atoms with Crippen molar-refractivity contribution in [2.24, 2.45) is 5.84 Å². The molecular formula is C27H28N4O2. The minimum absolute atomic E-state index is 0.423. The maximum atomic E-state index is 6.43. The molecule has 1 aliphatic heterocycles. The van der Waals surface area contributed by atoms with Crippen LogP contribution in [0.25, 0.3) is 11.3 Å². The van der Waals surface area contributed by atoms with E-state index in [1.165, 1.54) is 24.1 Å². The van der Waals surface area contributed by atoms with Gasteiger partial charge in [-0.25, -0.2) is 5.84 Å². The molecule has 168 valence electrons. The van der Waals surface area contributed by atoms with Crippen molar-refractivity contribution in [3.05, 3.63) is 95.6 Å². The van der Waals surface area contributed by atoms with E-state index in [0.717, 1.165) is 52.4 Å². The number of nitrogens with zero attached hydrogens (tertiary/aromatic N) is 3. The molecule has 0 atom stereocenters. The van der Waals surface area contributed by atoms with Gasteiger partial charge in [-0.15, -0.1) is 0 Å². The SMILES string of the molecule is C=C/C(=C1/c2ccc(OCc3ccc4c(n3)CCCC4)cc2OCCN1N)c1ccncc1. The van der Waals surface area contributed by atoms with Crippen molar-refractivity contribution in [1.29, 1.82) is 0 Å². The lowest BCUT2D eigenvalue weighted by Crippen LogP contribution is -2.32. The number of hydrogen-bond acceptors (Lipinski definition) is 6. The highest BCUT2D eigenvalue weighted by molar-refractivity contribution is 5.95. The molecule has 3 aromatic rings. The van der Waals surface area contributed by atoms with Crippen molar-refractivity contribution in [2.75, 3.05) is 13.2 Å². The van der Waals surface area contributed by atoms with Gasteiger partial charge in [0.1, 0.15) is 24.7 Å². The molecule has 0 fully saturated rings. The Morgan fingerprint density at radius 2 is 1.97 bits per heavy atom. The first-order valence-electron chi connectivity index (χ1n) is 11.4. The molecule has 1 aliphatic carbocycles. The van der Waals surface area contributed by atoms with E-state index in [4.69, 9.17) is 20.3 Å². The quantitative estimate of drug-likeness (QED) is 0.587. The van der Waals surface area contributed by atoms with Gasteiger partial charge in [0.05, 0.1) is 17.9 Å². The van der Waals surface area contributed by atoms with Crippen LogP contribution in [0.1, 0.15) is 40.9 Å². The summed E-state index contributed by atoms with van der Waals surface area (Å²) in [4.78, 5) is 8.94. The average Bonchev–Trinajstić information content (AvgIpc) is 3.02. The van der Waals surface area contributed by atoms with Gasteiger partial charge < -0.3 is 14.5 Å². The number of aryl methyl sites for hydroxylation is 2. The molecule has 33 heavy (non-hydrogen) atoms. The number of rotatable bonds is 5. The lowest BCUT2D eigenvalue weighted by molar-refractivity contribution is 0.273. The minimum Gasteiger partial charge on any atom is -0.491 e. The van der Waals surface area contributed by atoms with E-state index in [1.54, 1.807) is 17.4 Å². The van der Waals surface area contributed by atoms with Crippen LogP contribution in [0, 0.1) is 0 Å². The van der Waals surface area contributed by atoms with Crippen molar-refractivity contribution in [1.82, 2.24) is 15.0 Å². The molecule has 0 unspecified atom stereocenters. The maximum Gasteiger partial charge on any atom is 0.132 e. The fourth-order valence-electron chi connectivity index (χ4n) is 4.48. The summed E-state index contributed by atoms with van der Waals surface area (Å²) in [5, 5.41) is 1.72. The third kappa shape index (κ3) is 4.47. The molecule has 6 nitrogen and oxygen atoms in total. The van der Waals surface area contributed by atoms with Crippen molar-refractivity contribution in [3.8, 4) is 11.5 Å². The highest BCUT2D eigenvalue weighted by atomic mass is 16.5. The van der Waals surface area contributed by atoms with E-state index >= 15 is 0 Å². The highest BCUT2D eigenvalue weighted by Crippen LogP contribution is 2.37. The van der Waals surface area contributed by atoms with Crippen molar-refractivity contribution in [2.45, 2.75) is 32.3 Å². The normalized spacial score (nSPS) is 16.7. The first-order valence-corrected chi connectivity index (χ1v) is 11.4. The summed E-state index contributed by atoms with van der Waals surface area (Å²) >= 11 is 0. The van der Waals surface area contributed by atoms with Crippen LogP contribution in [-0.2, 0) is 19.4 Å². The second kappa shape index (κ2) is 9.46. The second-order valence-corrected chi connectivity index (χ2v) is 8.31. The van der Waals surface area contributed by atoms with Gasteiger partial charge in [-0.2, -0.15) is 0 Å². The first kappa shape index (κ1) is 21.2. The zero-order valence-electron chi connectivity index (χ0n) is 18.7. The number of hydrazine groups is 1. The van der Waals surface area contributed by atoms with Gasteiger partial charge in [-0.3, -0.25) is 9.97 Å². The number of fused-ring (bicyclic) bond motifs is 2. The molecule has 0 saturated carbocycles. The van der Waals surface area contributed by atoms with Crippen molar-refractivity contribution < 1.29 is 9.47 Å². The lowest BCUT2D eigenvalue weighted by Gasteiger charge is -2.22. The fraction of sp³-hybridized carbons (Fsp3) is 0.259. The molecule has 0 spiro atoms. The Balaban J connectivity index is 1.43. The summed E-state index contributed by atoms with van der Waals surface area (Å²) in [7, 11) is 0. The Morgan fingerprint density at radius 1 is 1.12 bits per heavy atom. The number of ether oxygens (including phenoxy) is 2. The summed E-state index contributed by atoms with van der Waals surface area (Å²) in [5.41, 5.74) is 7.25. The molecule has 0 radical (unpaired) electrons. The molecular weight excluding hydrogens is 412 g/mol. The van der Waals surface area contributed by atoms with Gasteiger partial charge in [0.15, 0.2) is 0 Å². The van der Waals surface area contributed by atoms with E-state index in [9.17, 15) is 0 Å². The molecule has 2 aliphatic rings. The van der Waals surface area contributed by atoms with E-state index in [1.807, 2.05) is 36.4 Å². The molecule has 0 amide bonds. The van der Waals surface area contributed by atoms with Crippen LogP contribution in [0.3, 0.4) is 0 Å². The van der Waals surface area contributed by atoms with Gasteiger partial charge in [-0.05, 0) is 67.1 Å². The van der Waals surface area contributed by atoms with E-state index in [2.05, 4.69) is 23.7 Å². The Morgan fingerprint density at radius 3 is 2.82 bits per heavy atom. The van der Waals surface area contributed by atoms with Crippen LogP contribution in [-0.4, -0.2) is 28.1 Å². The van der Waals surface area contributed by atoms with Crippen LogP contribution >= 0.6 is 0 Å². The largest absolute Gasteiger partial charge is 0.491 e. The van der Waals surface area contributed by atoms with E-state index in [0.29, 0.717) is 19.8 Å². The third-order valence-electron chi connectivity index (χ3n) is 6.16. The van der Waals surface area contributed by atoms with Crippen molar-refractivity contribution in [3.63, 3.8) is 0 Å². The Labute approximate surface area is 194 Å². The van der Waals surface area contributed by atoms with E-state index in [-0.39, 0.29) is 0 Å². The molecule has 5 rings (SSSR count). The topological polar surface area (TPSA) is 73.5 Å². The van der Waals surface area contributed by atoms with Gasteiger partial charge in [0.25, 0.3) is 0 Å². The summed E-state index contributed by atoms with van der Waals surface area (Å²) in [6, 6.07) is 14.0. The van der Waals surface area contributed by atoms with Gasteiger partial charge in [0, 0.05) is 35.3 Å². The van der Waals surface area contributed by atoms with Gasteiger partial charge in [-0.1, -0.05) is 18.7 Å². The van der Waals surface area contributed by atoms with Crippen LogP contribution < -0.4 is 15.3 Å². The Kier molecular flexibility index (Phi) is 6.09. The molecule has 2 aromatic heterocycles. The standard InChI is InChI=1S/C27H28N4O2/c1-2-23(19-11-13-29-14-12-19)27-24-10-9-22(17-26(24)32-16-15-31(27)28)33-18-21-8-7-20-5-3-4-6-25(20)30-21/h2,7-14,17H,1,3-6,15-16,18,28H2/b27-23+. The van der Waals surface area contributed by atoms with Gasteiger partial charge >= 0.3 is 0 Å². The smallest absolute Gasteiger partial charge is 0.132 e. The van der Waals surface area contributed by atoms with Crippen molar-refractivity contribution >= 4 is 11.3 Å². The fourth-order valence-corrected chi connectivity index (χ4v) is 4.48. The Bertz CT molecular complexity index is 1190. The van der Waals surface area contributed by atoms with Crippen LogP contribution in [0.5, 0.6) is 11.5 Å². The lowest BCUT2D eigenvalue weighted by atomic mass is 9.96. The van der Waals surface area contributed by atoms with Crippen LogP contribution in [0.2, 0.25) is 0 Å². The number of pyridine rings is 2. The number of nitrogens with two attached hydrogens (primary N) is 1. The highest BCUT2D eigenvalue weighted by Gasteiger charge is 2.22. The zero-order valence-corrected chi connectivity index (χ0v) is 18.7. The molecule has 6 heteroatoms. The summed E-state index contributed by atoms with van der Waals surface area (Å²) in [5.74, 6) is 7.90. The molecule has 1 aromatic carbocycles. The minimum atomic E-state index is 0.423. The third-order valence-corrected chi connectivity index (χ3v) is 6.16. The number of allylic oxidation sites excluding steroid dienone is 2. The predicted molar refractivity (Wildman–Crippen MR) is 129 cm³/mol. The predicted octanol–water partition coefficient (Wildman–Crippen LogP) is 4.56. The van der Waals surface area contributed by atoms with Crippen LogP contribution in [0.4, 0.5) is 0 Å². The van der Waals surface area contributed by atoms with Gasteiger partial charge in [0.2, 0.25) is 0 Å². The number of hydrogen-bond donors (Lipinski definition) is 1. The van der Waals surface area contributed by atoms with Crippen LogP contribution in [0.15, 0.2) is 67.5 Å². The number of benzene rings is 1. The molecule has 0 bridgehead atoms. The second-order valence-electron chi connectivity index (χ2n) is 8.31. The Hall–Kier alpha value is -3.64. The molecule has 2 N–H and O–H groups in total. The maximum absolute atomic E-state index is 6.43. The first-order chi connectivity index (χ1) is 16.2. The summed E-state index contributed by atoms with van der Waals surface area (Å²) < 4.78 is 12.1. The monoisotopic (exact) mass is 440 g/mol. The average molecular weight is 441 g/mol. The zero-order chi connectivity index (χ0) is 22.6. The number of aromatic nitrogens is 2. The summed E-state index contributed by atoms with van der Waals surface area (Å²) in [6.45, 7) is 5.49. The van der Waals surface area contributed by atoms with E-state index < -0.39 is 0 Å². The summed E-state index contributed by atoms with van der Waals surface area (Å²) in [6.07, 6.45) is 10.0. The molecule has 0 saturated heterocycles.